The van der Waals surface area contributed by atoms with Crippen LogP contribution in [0.25, 0.3) is 0 Å². The molecule has 106 valence electrons. The van der Waals surface area contributed by atoms with Crippen LogP contribution >= 0.6 is 0 Å². The van der Waals surface area contributed by atoms with E-state index < -0.39 is 4.92 Å². The van der Waals surface area contributed by atoms with Crippen LogP contribution in [0.2, 0.25) is 0 Å². The molecule has 3 rings (SSSR count). The third kappa shape index (κ3) is 2.74. The molecule has 0 aliphatic carbocycles. The van der Waals surface area contributed by atoms with Crippen molar-refractivity contribution >= 4 is 22.7 Å². The van der Waals surface area contributed by atoms with Crippen LogP contribution in [0.1, 0.15) is 5.56 Å². The van der Waals surface area contributed by atoms with Crippen molar-refractivity contribution in [2.75, 3.05) is 18.5 Å². The van der Waals surface area contributed by atoms with Gasteiger partial charge in [0.25, 0.3) is 5.69 Å². The third-order valence-electron chi connectivity index (χ3n) is 3.53. The second-order valence-electron chi connectivity index (χ2n) is 4.96. The highest BCUT2D eigenvalue weighted by Gasteiger charge is 2.15. The summed E-state index contributed by atoms with van der Waals surface area (Å²) in [7, 11) is 2.07. The maximum Gasteiger partial charge on any atom is 0.269 e. The van der Waals surface area contributed by atoms with Gasteiger partial charge in [-0.05, 0) is 42.3 Å². The van der Waals surface area contributed by atoms with Crippen LogP contribution in [0, 0.1) is 10.1 Å². The van der Waals surface area contributed by atoms with E-state index >= 15 is 0 Å². The molecule has 1 aliphatic heterocycles. The first kappa shape index (κ1) is 13.2. The SMILES string of the molecule is CN1CCc2cc(N=Nc3ccc([N+](=O)[O-])cc3)ccc21. The molecule has 0 saturated heterocycles. The van der Waals surface area contributed by atoms with E-state index in [0.717, 1.165) is 18.7 Å². The van der Waals surface area contributed by atoms with Crippen LogP contribution in [-0.4, -0.2) is 18.5 Å². The van der Waals surface area contributed by atoms with E-state index in [-0.39, 0.29) is 5.69 Å². The summed E-state index contributed by atoms with van der Waals surface area (Å²) in [6.07, 6.45) is 1.02. The lowest BCUT2D eigenvalue weighted by atomic mass is 10.1. The Labute approximate surface area is 121 Å². The van der Waals surface area contributed by atoms with Crippen molar-refractivity contribution in [1.29, 1.82) is 0 Å². The number of azo groups is 1. The number of non-ortho nitro benzene ring substituents is 1. The van der Waals surface area contributed by atoms with Crippen molar-refractivity contribution in [2.45, 2.75) is 6.42 Å². The predicted octanol–water partition coefficient (Wildman–Crippen LogP) is 4.00. The Hall–Kier alpha value is -2.76. The van der Waals surface area contributed by atoms with Crippen LogP contribution in [0.15, 0.2) is 52.7 Å². The summed E-state index contributed by atoms with van der Waals surface area (Å²) in [6.45, 7) is 1.03. The van der Waals surface area contributed by atoms with Crippen LogP contribution in [0.4, 0.5) is 22.7 Å². The van der Waals surface area contributed by atoms with Gasteiger partial charge in [-0.15, -0.1) is 0 Å². The first-order chi connectivity index (χ1) is 10.1. The molecule has 1 heterocycles. The average molecular weight is 282 g/mol. The lowest BCUT2D eigenvalue weighted by Gasteiger charge is -2.11. The lowest BCUT2D eigenvalue weighted by molar-refractivity contribution is -0.384. The Bertz CT molecular complexity index is 710. The number of hydrogen-bond donors (Lipinski definition) is 0. The normalized spacial score (nSPS) is 13.7. The highest BCUT2D eigenvalue weighted by molar-refractivity contribution is 5.62. The number of nitro benzene ring substituents is 1. The zero-order chi connectivity index (χ0) is 14.8. The maximum atomic E-state index is 10.6. The van der Waals surface area contributed by atoms with Gasteiger partial charge in [-0.1, -0.05) is 0 Å². The molecule has 0 saturated carbocycles. The van der Waals surface area contributed by atoms with E-state index in [1.54, 1.807) is 12.1 Å². The van der Waals surface area contributed by atoms with Gasteiger partial charge in [0.2, 0.25) is 0 Å². The van der Waals surface area contributed by atoms with E-state index in [1.807, 2.05) is 18.2 Å². The second-order valence-corrected chi connectivity index (χ2v) is 4.96. The van der Waals surface area contributed by atoms with Gasteiger partial charge in [0.05, 0.1) is 16.3 Å². The first-order valence-corrected chi connectivity index (χ1v) is 6.64. The molecule has 6 nitrogen and oxygen atoms in total. The van der Waals surface area contributed by atoms with Crippen LogP contribution in [-0.2, 0) is 6.42 Å². The number of anilines is 1. The highest BCUT2D eigenvalue weighted by atomic mass is 16.6. The van der Waals surface area contributed by atoms with Crippen LogP contribution in [0.3, 0.4) is 0 Å². The van der Waals surface area contributed by atoms with E-state index in [1.165, 1.54) is 23.4 Å². The van der Waals surface area contributed by atoms with Crippen molar-refractivity contribution in [3.63, 3.8) is 0 Å². The number of hydrogen-bond acceptors (Lipinski definition) is 5. The van der Waals surface area contributed by atoms with E-state index in [2.05, 4.69) is 22.2 Å². The minimum absolute atomic E-state index is 0.0505. The second kappa shape index (κ2) is 5.32. The number of fused-ring (bicyclic) bond motifs is 1. The van der Waals surface area contributed by atoms with E-state index in [0.29, 0.717) is 5.69 Å². The Morgan fingerprint density at radius 2 is 1.76 bits per heavy atom. The molecule has 0 bridgehead atoms. The van der Waals surface area contributed by atoms with Crippen molar-refractivity contribution in [2.24, 2.45) is 10.2 Å². The average Bonchev–Trinajstić information content (AvgIpc) is 2.86. The van der Waals surface area contributed by atoms with Gasteiger partial charge in [0.15, 0.2) is 0 Å². The van der Waals surface area contributed by atoms with E-state index in [9.17, 15) is 10.1 Å². The topological polar surface area (TPSA) is 71.1 Å². The Morgan fingerprint density at radius 1 is 1.10 bits per heavy atom. The molecular weight excluding hydrogens is 268 g/mol. The maximum absolute atomic E-state index is 10.6. The van der Waals surface area contributed by atoms with Crippen molar-refractivity contribution in [1.82, 2.24) is 0 Å². The molecule has 0 spiro atoms. The van der Waals surface area contributed by atoms with Gasteiger partial charge >= 0.3 is 0 Å². The molecule has 0 unspecified atom stereocenters. The van der Waals surface area contributed by atoms with Crippen LogP contribution < -0.4 is 4.90 Å². The molecule has 21 heavy (non-hydrogen) atoms. The summed E-state index contributed by atoms with van der Waals surface area (Å²) in [6, 6.07) is 12.0. The smallest absolute Gasteiger partial charge is 0.269 e. The highest BCUT2D eigenvalue weighted by Crippen LogP contribution is 2.31. The summed E-state index contributed by atoms with van der Waals surface area (Å²) < 4.78 is 0. The molecule has 2 aromatic carbocycles. The summed E-state index contributed by atoms with van der Waals surface area (Å²) >= 11 is 0. The van der Waals surface area contributed by atoms with Gasteiger partial charge < -0.3 is 4.90 Å². The summed E-state index contributed by atoms with van der Waals surface area (Å²) in [5.41, 5.74) is 3.96. The Morgan fingerprint density at radius 3 is 2.48 bits per heavy atom. The molecule has 0 atom stereocenters. The number of nitrogens with zero attached hydrogens (tertiary/aromatic N) is 4. The zero-order valence-electron chi connectivity index (χ0n) is 11.6. The summed E-state index contributed by atoms with van der Waals surface area (Å²) in [5.74, 6) is 0. The quantitative estimate of drug-likeness (QED) is 0.485. The molecule has 0 fully saturated rings. The monoisotopic (exact) mass is 282 g/mol. The fourth-order valence-electron chi connectivity index (χ4n) is 2.37. The van der Waals surface area contributed by atoms with Crippen LogP contribution in [0.5, 0.6) is 0 Å². The molecule has 0 aromatic heterocycles. The third-order valence-corrected chi connectivity index (χ3v) is 3.53. The van der Waals surface area contributed by atoms with Gasteiger partial charge in [-0.25, -0.2) is 0 Å². The van der Waals surface area contributed by atoms with Crippen molar-refractivity contribution in [3.8, 4) is 0 Å². The lowest BCUT2D eigenvalue weighted by Crippen LogP contribution is -2.12. The number of rotatable bonds is 3. The number of nitro groups is 1. The Kier molecular flexibility index (Phi) is 3.35. The summed E-state index contributed by atoms with van der Waals surface area (Å²) in [5, 5.41) is 18.9. The van der Waals surface area contributed by atoms with Gasteiger partial charge in [0.1, 0.15) is 0 Å². The van der Waals surface area contributed by atoms with Gasteiger partial charge in [-0.3, -0.25) is 10.1 Å². The van der Waals surface area contributed by atoms with Gasteiger partial charge in [-0.2, -0.15) is 10.2 Å². The fraction of sp³-hybridized carbons (Fsp3) is 0.200. The Balaban J connectivity index is 1.78. The standard InChI is InChI=1S/C15H14N4O2/c1-18-9-8-11-10-13(4-7-15(11)18)17-16-12-2-5-14(6-3-12)19(20)21/h2-7,10H,8-9H2,1H3. The fourth-order valence-corrected chi connectivity index (χ4v) is 2.37. The zero-order valence-corrected chi connectivity index (χ0v) is 11.6. The number of likely N-dealkylation sites (N-methyl/N-ethyl adjacent to an activating group) is 1. The molecule has 0 N–H and O–H groups in total. The minimum Gasteiger partial charge on any atom is -0.374 e. The number of benzene rings is 2. The first-order valence-electron chi connectivity index (χ1n) is 6.64. The largest absolute Gasteiger partial charge is 0.374 e. The molecule has 1 aliphatic rings. The minimum atomic E-state index is -0.433. The van der Waals surface area contributed by atoms with Crippen molar-refractivity contribution < 1.29 is 4.92 Å². The molecule has 0 radical (unpaired) electrons. The molecule has 0 amide bonds. The molecule has 6 heteroatoms. The molecule has 2 aromatic rings. The predicted molar refractivity (Wildman–Crippen MR) is 80.7 cm³/mol. The van der Waals surface area contributed by atoms with Gasteiger partial charge in [0, 0.05) is 31.4 Å². The molecular formula is C15H14N4O2. The van der Waals surface area contributed by atoms with Crippen molar-refractivity contribution in [3.05, 3.63) is 58.1 Å². The summed E-state index contributed by atoms with van der Waals surface area (Å²) in [4.78, 5) is 12.4. The van der Waals surface area contributed by atoms with E-state index in [4.69, 9.17) is 0 Å².